The maximum atomic E-state index is 12.3. The molecule has 2 heterocycles. The minimum atomic E-state index is -0.228. The van der Waals surface area contributed by atoms with Gasteiger partial charge in [-0.05, 0) is 37.3 Å². The van der Waals surface area contributed by atoms with Crippen LogP contribution in [-0.4, -0.2) is 16.1 Å². The molecule has 0 saturated carbocycles. The third-order valence-corrected chi connectivity index (χ3v) is 4.27. The molecule has 0 aliphatic carbocycles. The molecule has 1 amide bonds. The van der Waals surface area contributed by atoms with Crippen LogP contribution in [-0.2, 0) is 0 Å². The molecule has 0 atom stereocenters. The molecule has 0 unspecified atom stereocenters. The lowest BCUT2D eigenvalue weighted by Gasteiger charge is -2.04. The summed E-state index contributed by atoms with van der Waals surface area (Å²) in [4.78, 5) is 14.3. The zero-order valence-electron chi connectivity index (χ0n) is 11.8. The molecule has 0 aliphatic rings. The van der Waals surface area contributed by atoms with Crippen LogP contribution >= 0.6 is 11.3 Å². The summed E-state index contributed by atoms with van der Waals surface area (Å²) in [5.41, 5.74) is 2.61. The quantitative estimate of drug-likeness (QED) is 0.776. The Hall–Kier alpha value is -2.91. The number of carbonyl (C=O) groups excluding carboxylic acids is 1. The number of nitriles is 1. The highest BCUT2D eigenvalue weighted by molar-refractivity contribution is 7.16. The number of hydrogen-bond acceptors (Lipinski definition) is 4. The van der Waals surface area contributed by atoms with E-state index in [1.807, 2.05) is 25.1 Å². The van der Waals surface area contributed by atoms with Gasteiger partial charge in [0.05, 0.1) is 27.9 Å². The fourth-order valence-corrected chi connectivity index (χ4v) is 3.01. The molecular weight excluding hydrogens is 296 g/mol. The number of anilines is 1. The molecule has 0 fully saturated rings. The average Bonchev–Trinajstić information content (AvgIpc) is 3.18. The largest absolute Gasteiger partial charge is 0.321 e. The van der Waals surface area contributed by atoms with E-state index in [9.17, 15) is 4.79 Å². The van der Waals surface area contributed by atoms with Gasteiger partial charge in [0.15, 0.2) is 0 Å². The Morgan fingerprint density at radius 3 is 2.95 bits per heavy atom. The van der Waals surface area contributed by atoms with Gasteiger partial charge in [-0.1, -0.05) is 6.07 Å². The highest BCUT2D eigenvalue weighted by Gasteiger charge is 2.12. The van der Waals surface area contributed by atoms with Crippen molar-refractivity contribution in [2.24, 2.45) is 0 Å². The summed E-state index contributed by atoms with van der Waals surface area (Å²) in [6.45, 7) is 1.95. The van der Waals surface area contributed by atoms with Crippen molar-refractivity contribution in [2.45, 2.75) is 6.92 Å². The van der Waals surface area contributed by atoms with Gasteiger partial charge in [-0.15, -0.1) is 11.3 Å². The third kappa shape index (κ3) is 2.75. The first kappa shape index (κ1) is 14.0. The molecule has 0 bridgehead atoms. The van der Waals surface area contributed by atoms with Crippen LogP contribution in [0.2, 0.25) is 0 Å². The third-order valence-electron chi connectivity index (χ3n) is 3.19. The molecule has 3 rings (SSSR count). The van der Waals surface area contributed by atoms with Gasteiger partial charge < -0.3 is 5.32 Å². The van der Waals surface area contributed by atoms with Crippen molar-refractivity contribution in [1.29, 1.82) is 5.26 Å². The first-order valence-electron chi connectivity index (χ1n) is 6.59. The number of thiophene rings is 1. The van der Waals surface area contributed by atoms with E-state index in [0.29, 0.717) is 11.1 Å². The summed E-state index contributed by atoms with van der Waals surface area (Å²) >= 11 is 1.58. The van der Waals surface area contributed by atoms with Gasteiger partial charge in [-0.25, -0.2) is 0 Å². The second kappa shape index (κ2) is 5.84. The minimum Gasteiger partial charge on any atom is -0.321 e. The Bertz CT molecular complexity index is 859. The summed E-state index contributed by atoms with van der Waals surface area (Å²) < 4.78 is 0. The van der Waals surface area contributed by atoms with Crippen LogP contribution in [0.1, 0.15) is 20.8 Å². The number of benzene rings is 1. The zero-order chi connectivity index (χ0) is 15.5. The molecular formula is C16H12N4OS. The fraction of sp³-hybridized carbons (Fsp3) is 0.0625. The first-order valence-corrected chi connectivity index (χ1v) is 7.41. The molecule has 6 heteroatoms. The van der Waals surface area contributed by atoms with Gasteiger partial charge >= 0.3 is 0 Å². The van der Waals surface area contributed by atoms with Crippen LogP contribution < -0.4 is 5.32 Å². The molecule has 3 aromatic rings. The summed E-state index contributed by atoms with van der Waals surface area (Å²) in [6, 6.07) is 12.5. The Morgan fingerprint density at radius 1 is 1.36 bits per heavy atom. The van der Waals surface area contributed by atoms with Crippen LogP contribution in [0.3, 0.4) is 0 Å². The van der Waals surface area contributed by atoms with E-state index in [1.54, 1.807) is 41.8 Å². The molecule has 0 spiro atoms. The molecule has 2 aromatic heterocycles. The summed E-state index contributed by atoms with van der Waals surface area (Å²) in [5.74, 6) is -0.228. The number of H-pyrrole nitrogens is 1. The summed E-state index contributed by atoms with van der Waals surface area (Å²) in [5, 5.41) is 18.6. The van der Waals surface area contributed by atoms with E-state index in [-0.39, 0.29) is 5.91 Å². The number of amides is 1. The second-order valence-corrected chi connectivity index (χ2v) is 5.95. The van der Waals surface area contributed by atoms with Crippen LogP contribution in [0.15, 0.2) is 42.6 Å². The Morgan fingerprint density at radius 2 is 2.23 bits per heavy atom. The number of aromatic nitrogens is 2. The van der Waals surface area contributed by atoms with Gasteiger partial charge in [-0.3, -0.25) is 9.89 Å². The number of nitrogens with one attached hydrogen (secondary N) is 2. The summed E-state index contributed by atoms with van der Waals surface area (Å²) in [6.07, 6.45) is 1.69. The van der Waals surface area contributed by atoms with Crippen molar-refractivity contribution >= 4 is 22.9 Å². The van der Waals surface area contributed by atoms with Crippen LogP contribution in [0, 0.1) is 18.3 Å². The second-order valence-electron chi connectivity index (χ2n) is 4.70. The average molecular weight is 308 g/mol. The highest BCUT2D eigenvalue weighted by atomic mass is 32.1. The smallest absolute Gasteiger partial charge is 0.255 e. The number of hydrogen-bond donors (Lipinski definition) is 2. The van der Waals surface area contributed by atoms with Gasteiger partial charge in [-0.2, -0.15) is 10.4 Å². The van der Waals surface area contributed by atoms with E-state index < -0.39 is 0 Å². The van der Waals surface area contributed by atoms with Crippen molar-refractivity contribution < 1.29 is 4.79 Å². The maximum Gasteiger partial charge on any atom is 0.255 e. The number of aromatic amines is 1. The van der Waals surface area contributed by atoms with Gasteiger partial charge in [0.1, 0.15) is 0 Å². The molecule has 2 N–H and O–H groups in total. The Labute approximate surface area is 131 Å². The number of rotatable bonds is 3. The van der Waals surface area contributed by atoms with Crippen molar-refractivity contribution in [1.82, 2.24) is 10.2 Å². The standard InChI is InChI=1S/C16H12N4OS/c1-10-14(8-15(22-10)13-5-6-18-20-13)19-16(21)12-4-2-3-11(7-12)9-17/h2-8H,1H3,(H,18,20)(H,19,21). The van der Waals surface area contributed by atoms with E-state index in [0.717, 1.165) is 21.1 Å². The monoisotopic (exact) mass is 308 g/mol. The van der Waals surface area contributed by atoms with E-state index in [1.165, 1.54) is 0 Å². The highest BCUT2D eigenvalue weighted by Crippen LogP contribution is 2.33. The lowest BCUT2D eigenvalue weighted by atomic mass is 10.1. The van der Waals surface area contributed by atoms with Crippen molar-refractivity contribution in [3.8, 4) is 16.6 Å². The number of nitrogens with zero attached hydrogens (tertiary/aromatic N) is 2. The van der Waals surface area contributed by atoms with Gasteiger partial charge in [0, 0.05) is 16.6 Å². The normalized spacial score (nSPS) is 10.2. The van der Waals surface area contributed by atoms with Crippen molar-refractivity contribution in [2.75, 3.05) is 5.32 Å². The SMILES string of the molecule is Cc1sc(-c2ccn[nH]2)cc1NC(=O)c1cccc(C#N)c1. The van der Waals surface area contributed by atoms with Crippen molar-refractivity contribution in [3.05, 3.63) is 58.6 Å². The van der Waals surface area contributed by atoms with E-state index >= 15 is 0 Å². The fourth-order valence-electron chi connectivity index (χ4n) is 2.06. The van der Waals surface area contributed by atoms with E-state index in [2.05, 4.69) is 15.5 Å². The molecule has 0 radical (unpaired) electrons. The lowest BCUT2D eigenvalue weighted by Crippen LogP contribution is -2.12. The van der Waals surface area contributed by atoms with Crippen molar-refractivity contribution in [3.63, 3.8) is 0 Å². The maximum absolute atomic E-state index is 12.3. The molecule has 5 nitrogen and oxygen atoms in total. The zero-order valence-corrected chi connectivity index (χ0v) is 12.6. The minimum absolute atomic E-state index is 0.228. The Balaban J connectivity index is 1.84. The molecule has 22 heavy (non-hydrogen) atoms. The topological polar surface area (TPSA) is 81.6 Å². The van der Waals surface area contributed by atoms with Crippen LogP contribution in [0.5, 0.6) is 0 Å². The molecule has 0 saturated heterocycles. The number of aryl methyl sites for hydroxylation is 1. The first-order chi connectivity index (χ1) is 10.7. The predicted molar refractivity (Wildman–Crippen MR) is 85.7 cm³/mol. The lowest BCUT2D eigenvalue weighted by molar-refractivity contribution is 0.102. The molecule has 1 aromatic carbocycles. The van der Waals surface area contributed by atoms with Gasteiger partial charge in [0.25, 0.3) is 5.91 Å². The van der Waals surface area contributed by atoms with E-state index in [4.69, 9.17) is 5.26 Å². The van der Waals surface area contributed by atoms with Gasteiger partial charge in [0.2, 0.25) is 0 Å². The Kier molecular flexibility index (Phi) is 3.73. The number of carbonyl (C=O) groups is 1. The predicted octanol–water partition coefficient (Wildman–Crippen LogP) is 3.57. The van der Waals surface area contributed by atoms with Crippen LogP contribution in [0.4, 0.5) is 5.69 Å². The van der Waals surface area contributed by atoms with Crippen LogP contribution in [0.25, 0.3) is 10.6 Å². The molecule has 0 aliphatic heterocycles. The molecule has 108 valence electrons. The summed E-state index contributed by atoms with van der Waals surface area (Å²) in [7, 11) is 0.